The fourth-order valence-corrected chi connectivity index (χ4v) is 9.09. The monoisotopic (exact) mass is 750 g/mol. The molecule has 5 aliphatic rings. The third-order valence-electron chi connectivity index (χ3n) is 12.2. The molecule has 2 aromatic carbocycles. The van der Waals surface area contributed by atoms with Crippen LogP contribution in [0.4, 0.5) is 29.3 Å². The summed E-state index contributed by atoms with van der Waals surface area (Å²) in [6, 6.07) is 9.90. The van der Waals surface area contributed by atoms with Crippen LogP contribution in [0.3, 0.4) is 0 Å². The first-order valence-electron chi connectivity index (χ1n) is 18.4. The summed E-state index contributed by atoms with van der Waals surface area (Å²) in [4.78, 5) is 46.5. The highest BCUT2D eigenvalue weighted by atomic mass is 19.4. The quantitative estimate of drug-likeness (QED) is 0.184. The molecule has 3 aromatic rings. The Morgan fingerprint density at radius 1 is 1.09 bits per heavy atom. The minimum absolute atomic E-state index is 0.0233. The predicted octanol–water partition coefficient (Wildman–Crippen LogP) is 6.03. The van der Waals surface area contributed by atoms with Crippen molar-refractivity contribution in [3.05, 3.63) is 82.0 Å². The molecule has 3 amide bonds. The summed E-state index contributed by atoms with van der Waals surface area (Å²) in [7, 11) is 0.782. The lowest BCUT2D eigenvalue weighted by Crippen LogP contribution is -2.65. The lowest BCUT2D eigenvalue weighted by Gasteiger charge is -2.64. The molecule has 3 heterocycles. The van der Waals surface area contributed by atoms with Gasteiger partial charge in [0.2, 0.25) is 5.91 Å². The number of anilines is 2. The second kappa shape index (κ2) is 13.6. The van der Waals surface area contributed by atoms with E-state index in [0.717, 1.165) is 25.0 Å². The van der Waals surface area contributed by atoms with Crippen LogP contribution in [0.15, 0.2) is 59.5 Å². The third kappa shape index (κ3) is 6.50. The number of methoxy groups -OCH3 is 1. The SMILES string of the molecule is CC[C@H](NC(=O)[C@@H]1C[C@@](C)(NC(=O)Nc2ccccc2OC)c2ncc(NCc3cccc(C(F)(F)F)c3)c(=O)n21)B1O[C@@H]2C[C@@H]3C[C@@H](C3(C)C)[C@]2(C)O1. The standard InChI is InChI=1S/C38H46BF3N6O6/c1-7-30(39-53-29-17-23-16-28(35(23,2)3)37(29,5)54-39)46-31(49)26-18-36(4,47-34(51)45-24-13-8-9-14-27(24)52-6)33-44-20-25(32(50)48(26)33)43-19-21-11-10-12-22(15-21)38(40,41)42/h8-15,20,23,26,28-30,43H,7,16-19H2,1-6H3,(H,46,49)(H2,45,47,51)/t23-,26-,28-,29+,30-,36+,37-/m0/s1. The van der Waals surface area contributed by atoms with Crippen LogP contribution in [0.5, 0.6) is 5.75 Å². The van der Waals surface area contributed by atoms with Crippen molar-refractivity contribution in [3.8, 4) is 5.75 Å². The number of alkyl halides is 3. The van der Waals surface area contributed by atoms with E-state index in [0.29, 0.717) is 35.3 Å². The number of aromatic nitrogens is 2. The number of carbonyl (C=O) groups is 2. The van der Waals surface area contributed by atoms with Gasteiger partial charge in [-0.3, -0.25) is 14.2 Å². The zero-order chi connectivity index (χ0) is 38.8. The molecule has 288 valence electrons. The van der Waals surface area contributed by atoms with Gasteiger partial charge in [-0.05, 0) is 80.2 Å². The average Bonchev–Trinajstić information content (AvgIpc) is 3.64. The highest BCUT2D eigenvalue weighted by Crippen LogP contribution is 2.65. The van der Waals surface area contributed by atoms with Crippen molar-refractivity contribution in [2.24, 2.45) is 17.3 Å². The molecule has 7 atom stereocenters. The van der Waals surface area contributed by atoms with Crippen LogP contribution in [0, 0.1) is 17.3 Å². The molecule has 2 aliphatic heterocycles. The maximum absolute atomic E-state index is 14.3. The smallest absolute Gasteiger partial charge is 0.481 e. The summed E-state index contributed by atoms with van der Waals surface area (Å²) >= 11 is 0. The molecule has 0 radical (unpaired) electrons. The molecule has 16 heteroatoms. The number of para-hydroxylation sites is 2. The third-order valence-corrected chi connectivity index (χ3v) is 12.2. The van der Waals surface area contributed by atoms with Crippen LogP contribution < -0.4 is 31.6 Å². The first-order chi connectivity index (χ1) is 25.5. The van der Waals surface area contributed by atoms with Gasteiger partial charge in [0.05, 0.1) is 47.7 Å². The Balaban J connectivity index is 1.15. The van der Waals surface area contributed by atoms with E-state index in [4.69, 9.17) is 14.0 Å². The van der Waals surface area contributed by atoms with Gasteiger partial charge >= 0.3 is 19.3 Å². The number of ether oxygens (including phenoxy) is 1. The molecule has 3 aliphatic carbocycles. The highest BCUT2D eigenvalue weighted by molar-refractivity contribution is 6.47. The van der Waals surface area contributed by atoms with E-state index >= 15 is 0 Å². The van der Waals surface area contributed by atoms with Crippen LogP contribution >= 0.6 is 0 Å². The molecule has 1 saturated heterocycles. The van der Waals surface area contributed by atoms with E-state index < -0.39 is 59.5 Å². The largest absolute Gasteiger partial charge is 0.495 e. The number of amides is 3. The molecule has 54 heavy (non-hydrogen) atoms. The number of hydrogen-bond donors (Lipinski definition) is 4. The van der Waals surface area contributed by atoms with Crippen molar-refractivity contribution in [2.45, 2.75) is 102 Å². The second-order valence-electron chi connectivity index (χ2n) is 15.9. The van der Waals surface area contributed by atoms with Gasteiger partial charge in [-0.1, -0.05) is 45.0 Å². The molecular weight excluding hydrogens is 704 g/mol. The Morgan fingerprint density at radius 2 is 1.85 bits per heavy atom. The fourth-order valence-electron chi connectivity index (χ4n) is 9.09. The van der Waals surface area contributed by atoms with Crippen LogP contribution in [0.1, 0.15) is 83.3 Å². The molecule has 3 saturated carbocycles. The summed E-state index contributed by atoms with van der Waals surface area (Å²) < 4.78 is 59.9. The molecule has 0 spiro atoms. The van der Waals surface area contributed by atoms with Crippen molar-refractivity contribution in [3.63, 3.8) is 0 Å². The van der Waals surface area contributed by atoms with Gasteiger partial charge in [-0.2, -0.15) is 13.2 Å². The van der Waals surface area contributed by atoms with E-state index in [-0.39, 0.29) is 36.0 Å². The van der Waals surface area contributed by atoms with Crippen molar-refractivity contribution < 1.29 is 36.8 Å². The molecule has 4 fully saturated rings. The number of urea groups is 1. The normalized spacial score (nSPS) is 28.3. The van der Waals surface area contributed by atoms with Gasteiger partial charge in [-0.25, -0.2) is 9.78 Å². The van der Waals surface area contributed by atoms with Crippen molar-refractivity contribution in [1.29, 1.82) is 0 Å². The number of benzene rings is 2. The first-order valence-corrected chi connectivity index (χ1v) is 18.4. The van der Waals surface area contributed by atoms with E-state index in [9.17, 15) is 27.6 Å². The Labute approximate surface area is 312 Å². The van der Waals surface area contributed by atoms with E-state index in [2.05, 4.69) is 47.0 Å². The van der Waals surface area contributed by atoms with E-state index in [1.165, 1.54) is 30.0 Å². The lowest BCUT2D eigenvalue weighted by molar-refractivity contribution is -0.199. The van der Waals surface area contributed by atoms with Crippen LogP contribution in [-0.2, 0) is 32.4 Å². The van der Waals surface area contributed by atoms with Crippen LogP contribution in [0.2, 0.25) is 0 Å². The predicted molar refractivity (Wildman–Crippen MR) is 196 cm³/mol. The summed E-state index contributed by atoms with van der Waals surface area (Å²) in [5.74, 6) is 0.416. The first kappa shape index (κ1) is 37.7. The van der Waals surface area contributed by atoms with Crippen molar-refractivity contribution in [1.82, 2.24) is 20.2 Å². The Kier molecular flexibility index (Phi) is 9.52. The molecule has 12 nitrogen and oxygen atoms in total. The van der Waals surface area contributed by atoms with Gasteiger partial charge in [0.25, 0.3) is 5.56 Å². The minimum atomic E-state index is -4.53. The molecule has 2 bridgehead atoms. The zero-order valence-corrected chi connectivity index (χ0v) is 31.2. The van der Waals surface area contributed by atoms with Crippen molar-refractivity contribution in [2.75, 3.05) is 17.7 Å². The van der Waals surface area contributed by atoms with Crippen LogP contribution in [-0.4, -0.2) is 53.4 Å². The molecule has 0 unspecified atom stereocenters. The maximum atomic E-state index is 14.3. The topological polar surface area (TPSA) is 145 Å². The van der Waals surface area contributed by atoms with Gasteiger partial charge in [0, 0.05) is 13.0 Å². The van der Waals surface area contributed by atoms with Crippen molar-refractivity contribution >= 4 is 30.4 Å². The second-order valence-corrected chi connectivity index (χ2v) is 15.9. The van der Waals surface area contributed by atoms with Gasteiger partial charge in [0.1, 0.15) is 23.3 Å². The summed E-state index contributed by atoms with van der Waals surface area (Å²) in [5.41, 5.74) is -2.41. The van der Waals surface area contributed by atoms with E-state index in [1.807, 2.05) is 6.92 Å². The molecule has 1 aromatic heterocycles. The maximum Gasteiger partial charge on any atom is 0.481 e. The number of fused-ring (bicyclic) bond motifs is 1. The average molecular weight is 751 g/mol. The van der Waals surface area contributed by atoms with Crippen LogP contribution in [0.25, 0.3) is 0 Å². The summed E-state index contributed by atoms with van der Waals surface area (Å²) in [6.07, 6.45) is -0.937. The van der Waals surface area contributed by atoms with Gasteiger partial charge in [0.15, 0.2) is 0 Å². The van der Waals surface area contributed by atoms with E-state index in [1.54, 1.807) is 31.2 Å². The number of carbonyl (C=O) groups excluding carboxylic acids is 2. The molecule has 8 rings (SSSR count). The summed E-state index contributed by atoms with van der Waals surface area (Å²) in [6.45, 7) is 10.1. The Hall–Kier alpha value is -4.57. The summed E-state index contributed by atoms with van der Waals surface area (Å²) in [5, 5.41) is 11.7. The van der Waals surface area contributed by atoms with Gasteiger partial charge in [-0.15, -0.1) is 0 Å². The number of nitrogens with one attached hydrogen (secondary N) is 4. The fraction of sp³-hybridized carbons (Fsp3) is 0.526. The number of rotatable bonds is 10. The Morgan fingerprint density at radius 3 is 2.56 bits per heavy atom. The molecular formula is C38H46BF3N6O6. The van der Waals surface area contributed by atoms with Gasteiger partial charge < -0.3 is 35.3 Å². The zero-order valence-electron chi connectivity index (χ0n) is 31.2. The Bertz CT molecular complexity index is 2010. The lowest BCUT2D eigenvalue weighted by atomic mass is 9.43. The number of hydrogen-bond acceptors (Lipinski definition) is 8. The highest BCUT2D eigenvalue weighted by Gasteiger charge is 2.68. The minimum Gasteiger partial charge on any atom is -0.495 e. The number of nitrogens with zero attached hydrogens (tertiary/aromatic N) is 2. The molecule has 4 N–H and O–H groups in total. The number of halogens is 3.